The van der Waals surface area contributed by atoms with Gasteiger partial charge in [0.15, 0.2) is 0 Å². The van der Waals surface area contributed by atoms with Gasteiger partial charge in [-0.1, -0.05) is 0 Å². The molecule has 0 spiro atoms. The number of alkyl halides is 3. The topological polar surface area (TPSA) is 81.7 Å². The maximum absolute atomic E-state index is 13.3. The van der Waals surface area contributed by atoms with Crippen LogP contribution in [-0.2, 0) is 26.7 Å². The number of hydrogen-bond acceptors (Lipinski definition) is 6. The smallest absolute Gasteiger partial charge is 0.330 e. The highest BCUT2D eigenvalue weighted by molar-refractivity contribution is 7.17. The number of carbonyl (C=O) groups is 1. The van der Waals surface area contributed by atoms with Crippen LogP contribution in [0.2, 0.25) is 0 Å². The van der Waals surface area contributed by atoms with E-state index in [1.54, 1.807) is 34.5 Å². The number of aryl methyl sites for hydroxylation is 2. The first-order chi connectivity index (χ1) is 15.2. The molecule has 1 aliphatic heterocycles. The number of rotatable bonds is 2. The molecule has 0 aliphatic carbocycles. The van der Waals surface area contributed by atoms with Crippen molar-refractivity contribution in [1.29, 1.82) is 0 Å². The van der Waals surface area contributed by atoms with Gasteiger partial charge in [0.25, 0.3) is 5.91 Å². The molecule has 0 saturated carbocycles. The summed E-state index contributed by atoms with van der Waals surface area (Å²) in [5.74, 6) is -0.171. The average Bonchev–Trinajstić information content (AvgIpc) is 3.43. The van der Waals surface area contributed by atoms with E-state index in [0.717, 1.165) is 21.0 Å². The lowest BCUT2D eigenvalue weighted by Gasteiger charge is -2.33. The number of nitrogens with zero attached hydrogens (tertiary/aromatic N) is 7. The van der Waals surface area contributed by atoms with Crippen molar-refractivity contribution in [3.63, 3.8) is 0 Å². The maximum atomic E-state index is 13.3. The van der Waals surface area contributed by atoms with E-state index >= 15 is 0 Å². The molecular weight excluding hydrogens is 443 g/mol. The van der Waals surface area contributed by atoms with Crippen LogP contribution in [0.5, 0.6) is 0 Å². The first-order valence-corrected chi connectivity index (χ1v) is 10.7. The van der Waals surface area contributed by atoms with Crippen molar-refractivity contribution in [1.82, 2.24) is 34.4 Å². The van der Waals surface area contributed by atoms with Gasteiger partial charge in [-0.15, -0.1) is 11.3 Å². The Balaban J connectivity index is 1.52. The number of aromatic nitrogens is 6. The van der Waals surface area contributed by atoms with Gasteiger partial charge >= 0.3 is 6.18 Å². The lowest BCUT2D eigenvalue weighted by molar-refractivity contribution is -0.143. The van der Waals surface area contributed by atoms with Gasteiger partial charge in [0.1, 0.15) is 16.9 Å². The molecule has 1 atom stereocenters. The molecule has 0 aromatic carbocycles. The number of fused-ring (bicyclic) bond motifs is 2. The Hall–Kier alpha value is -3.28. The predicted molar refractivity (Wildman–Crippen MR) is 111 cm³/mol. The van der Waals surface area contributed by atoms with Crippen molar-refractivity contribution in [3.05, 3.63) is 46.5 Å². The molecule has 5 heterocycles. The fraction of sp³-hybridized carbons (Fsp3) is 0.350. The fourth-order valence-corrected chi connectivity index (χ4v) is 5.05. The largest absolute Gasteiger partial charge is 0.433 e. The summed E-state index contributed by atoms with van der Waals surface area (Å²) in [6.45, 7) is 2.27. The minimum absolute atomic E-state index is 0.171. The van der Waals surface area contributed by atoms with Gasteiger partial charge in [0.05, 0.1) is 39.4 Å². The molecule has 0 N–H and O–H groups in total. The maximum Gasteiger partial charge on any atom is 0.433 e. The van der Waals surface area contributed by atoms with E-state index in [2.05, 4.69) is 20.2 Å². The van der Waals surface area contributed by atoms with Crippen LogP contribution >= 0.6 is 11.3 Å². The Labute approximate surface area is 184 Å². The quantitative estimate of drug-likeness (QED) is 0.456. The molecule has 1 amide bonds. The zero-order valence-electron chi connectivity index (χ0n) is 17.4. The molecule has 5 rings (SSSR count). The lowest BCUT2D eigenvalue weighted by Crippen LogP contribution is -2.39. The third-order valence-corrected chi connectivity index (χ3v) is 6.66. The van der Waals surface area contributed by atoms with Crippen molar-refractivity contribution in [2.75, 3.05) is 6.54 Å². The lowest BCUT2D eigenvalue weighted by atomic mass is 9.96. The van der Waals surface area contributed by atoms with Crippen LogP contribution in [0.3, 0.4) is 0 Å². The molecule has 166 valence electrons. The highest BCUT2D eigenvalue weighted by atomic mass is 32.1. The molecule has 32 heavy (non-hydrogen) atoms. The fourth-order valence-electron chi connectivity index (χ4n) is 4.29. The molecule has 4 aromatic rings. The summed E-state index contributed by atoms with van der Waals surface area (Å²) in [4.78, 5) is 23.4. The molecule has 4 aromatic heterocycles. The van der Waals surface area contributed by atoms with Crippen molar-refractivity contribution in [3.8, 4) is 11.4 Å². The highest BCUT2D eigenvalue weighted by Crippen LogP contribution is 2.38. The van der Waals surface area contributed by atoms with E-state index in [9.17, 15) is 18.0 Å². The molecule has 0 saturated heterocycles. The van der Waals surface area contributed by atoms with Crippen LogP contribution in [0.1, 0.15) is 40.3 Å². The average molecular weight is 461 g/mol. The molecule has 0 bridgehead atoms. The first-order valence-electron chi connectivity index (χ1n) is 9.82. The number of halogens is 3. The standard InChI is InChI=1S/C20H18F3N7OS/c1-10-16-11(17(29(3)27-16)13-6-15(20(21,22)23)28(2)26-13)4-5-30(10)19(31)12-7-24-8-14-18(12)32-9-25-14/h6-10H,4-5H2,1-3H3. The molecule has 1 unspecified atom stereocenters. The zero-order chi connectivity index (χ0) is 22.8. The molecule has 0 fully saturated rings. The summed E-state index contributed by atoms with van der Waals surface area (Å²) in [6.07, 6.45) is -0.881. The van der Waals surface area contributed by atoms with E-state index in [1.807, 2.05) is 6.92 Å². The Bertz CT molecular complexity index is 1350. The van der Waals surface area contributed by atoms with E-state index in [1.165, 1.54) is 18.4 Å². The minimum Gasteiger partial charge on any atom is -0.330 e. The normalized spacial score (nSPS) is 16.6. The van der Waals surface area contributed by atoms with Crippen molar-refractivity contribution in [2.45, 2.75) is 25.6 Å². The minimum atomic E-state index is -4.50. The Morgan fingerprint density at radius 3 is 2.69 bits per heavy atom. The van der Waals surface area contributed by atoms with Crippen LogP contribution in [0.4, 0.5) is 13.2 Å². The third-order valence-electron chi connectivity index (χ3n) is 5.79. The summed E-state index contributed by atoms with van der Waals surface area (Å²) in [6, 6.07) is 0.676. The zero-order valence-corrected chi connectivity index (χ0v) is 18.2. The van der Waals surface area contributed by atoms with Crippen LogP contribution < -0.4 is 0 Å². The molecule has 1 aliphatic rings. The first kappa shape index (κ1) is 20.6. The number of amides is 1. The van der Waals surface area contributed by atoms with Crippen LogP contribution in [-0.4, -0.2) is 46.9 Å². The second kappa shape index (κ2) is 7.12. The Morgan fingerprint density at radius 2 is 1.97 bits per heavy atom. The predicted octanol–water partition coefficient (Wildman–Crippen LogP) is 3.60. The van der Waals surface area contributed by atoms with Gasteiger partial charge in [-0.05, 0) is 19.4 Å². The van der Waals surface area contributed by atoms with Crippen LogP contribution in [0, 0.1) is 0 Å². The van der Waals surface area contributed by atoms with Gasteiger partial charge < -0.3 is 4.90 Å². The Morgan fingerprint density at radius 1 is 1.19 bits per heavy atom. The van der Waals surface area contributed by atoms with Crippen LogP contribution in [0.25, 0.3) is 21.6 Å². The highest BCUT2D eigenvalue weighted by Gasteiger charge is 2.38. The van der Waals surface area contributed by atoms with Crippen molar-refractivity contribution >= 4 is 27.5 Å². The summed E-state index contributed by atoms with van der Waals surface area (Å²) in [5.41, 5.74) is 4.22. The summed E-state index contributed by atoms with van der Waals surface area (Å²) in [7, 11) is 2.95. The number of pyridine rings is 1. The van der Waals surface area contributed by atoms with Gasteiger partial charge in [-0.25, -0.2) is 4.98 Å². The molecule has 0 radical (unpaired) electrons. The molecule has 12 heteroatoms. The van der Waals surface area contributed by atoms with E-state index in [4.69, 9.17) is 0 Å². The van der Waals surface area contributed by atoms with Gasteiger partial charge in [0.2, 0.25) is 0 Å². The summed E-state index contributed by atoms with van der Waals surface area (Å²) < 4.78 is 42.9. The van der Waals surface area contributed by atoms with Gasteiger partial charge in [0, 0.05) is 32.4 Å². The number of hydrogen-bond donors (Lipinski definition) is 0. The SMILES string of the molecule is CC1c2nn(C)c(-c3cc(C(F)(F)F)n(C)n3)c2CCN1C(=O)c1cncc2ncsc12. The monoisotopic (exact) mass is 461 g/mol. The number of carbonyl (C=O) groups excluding carboxylic acids is 1. The van der Waals surface area contributed by atoms with Crippen molar-refractivity contribution in [2.24, 2.45) is 14.1 Å². The van der Waals surface area contributed by atoms with E-state index < -0.39 is 11.9 Å². The second-order valence-corrected chi connectivity index (χ2v) is 8.54. The van der Waals surface area contributed by atoms with Gasteiger partial charge in [-0.2, -0.15) is 23.4 Å². The molecule has 8 nitrogen and oxygen atoms in total. The van der Waals surface area contributed by atoms with E-state index in [-0.39, 0.29) is 17.6 Å². The van der Waals surface area contributed by atoms with Crippen LogP contribution in [0.15, 0.2) is 24.0 Å². The summed E-state index contributed by atoms with van der Waals surface area (Å²) in [5, 5.41) is 8.64. The summed E-state index contributed by atoms with van der Waals surface area (Å²) >= 11 is 1.38. The second-order valence-electron chi connectivity index (χ2n) is 7.68. The number of thiazole rings is 1. The van der Waals surface area contributed by atoms with Gasteiger partial charge in [-0.3, -0.25) is 19.1 Å². The van der Waals surface area contributed by atoms with E-state index in [0.29, 0.717) is 35.4 Å². The Kier molecular flexibility index (Phi) is 4.59. The third kappa shape index (κ3) is 3.08. The molecular formula is C20H18F3N7OS. The van der Waals surface area contributed by atoms with Crippen molar-refractivity contribution < 1.29 is 18.0 Å².